The van der Waals surface area contributed by atoms with Crippen molar-refractivity contribution in [2.45, 2.75) is 5.75 Å². The van der Waals surface area contributed by atoms with Gasteiger partial charge in [0.2, 0.25) is 0 Å². The number of benzene rings is 2. The molecule has 2 aromatic carbocycles. The van der Waals surface area contributed by atoms with Gasteiger partial charge in [-0.2, -0.15) is 11.8 Å². The molecule has 0 heterocycles. The molecule has 0 fully saturated rings. The molecule has 0 bridgehead atoms. The minimum atomic E-state index is -0.977. The molecule has 0 aliphatic rings. The quantitative estimate of drug-likeness (QED) is 0.770. The van der Waals surface area contributed by atoms with Crippen LogP contribution in [0.1, 0.15) is 15.9 Å². The van der Waals surface area contributed by atoms with Gasteiger partial charge >= 0.3 is 5.97 Å². The number of carboxylic acid groups (broad SMARTS) is 1. The fraction of sp³-hybridized carbons (Fsp3) is 0.188. The van der Waals surface area contributed by atoms with Gasteiger partial charge in [-0.25, -0.2) is 4.79 Å². The standard InChI is InChI=1S/C16H15ClO3S/c17-14-7-3-1-5-12(14)11-21-10-9-20-15-8-4-2-6-13(15)16(18)19/h1-8H,9-11H2,(H,18,19). The second-order valence-corrected chi connectivity index (χ2v) is 5.81. The predicted octanol–water partition coefficient (Wildman–Crippen LogP) is 4.35. The highest BCUT2D eigenvalue weighted by Gasteiger charge is 2.09. The van der Waals surface area contributed by atoms with Crippen LogP contribution >= 0.6 is 23.4 Å². The van der Waals surface area contributed by atoms with Gasteiger partial charge in [-0.3, -0.25) is 0 Å². The van der Waals surface area contributed by atoms with Crippen LogP contribution in [0, 0.1) is 0 Å². The zero-order chi connectivity index (χ0) is 15.1. The first-order valence-corrected chi connectivity index (χ1v) is 7.98. The van der Waals surface area contributed by atoms with E-state index in [-0.39, 0.29) is 5.56 Å². The number of halogens is 1. The fourth-order valence-corrected chi connectivity index (χ4v) is 2.88. The van der Waals surface area contributed by atoms with Crippen molar-refractivity contribution in [3.05, 3.63) is 64.7 Å². The Labute approximate surface area is 132 Å². The highest BCUT2D eigenvalue weighted by atomic mass is 35.5. The van der Waals surface area contributed by atoms with Crippen LogP contribution in [0.5, 0.6) is 5.75 Å². The number of carboxylic acids is 1. The number of hydrogen-bond donors (Lipinski definition) is 1. The molecule has 0 atom stereocenters. The topological polar surface area (TPSA) is 46.5 Å². The molecule has 0 saturated heterocycles. The van der Waals surface area contributed by atoms with Crippen LogP contribution in [0.3, 0.4) is 0 Å². The lowest BCUT2D eigenvalue weighted by molar-refractivity contribution is 0.0692. The maximum atomic E-state index is 11.0. The number of para-hydroxylation sites is 1. The van der Waals surface area contributed by atoms with Crippen LogP contribution in [0.2, 0.25) is 5.02 Å². The summed E-state index contributed by atoms with van der Waals surface area (Å²) in [4.78, 5) is 11.0. The Morgan fingerprint density at radius 3 is 2.62 bits per heavy atom. The second-order valence-electron chi connectivity index (χ2n) is 4.29. The van der Waals surface area contributed by atoms with Crippen molar-refractivity contribution in [2.75, 3.05) is 12.4 Å². The van der Waals surface area contributed by atoms with Gasteiger partial charge in [-0.15, -0.1) is 0 Å². The van der Waals surface area contributed by atoms with Gasteiger partial charge in [-0.05, 0) is 23.8 Å². The molecule has 0 spiro atoms. The lowest BCUT2D eigenvalue weighted by Gasteiger charge is -2.09. The molecule has 110 valence electrons. The van der Waals surface area contributed by atoms with Crippen molar-refractivity contribution in [3.8, 4) is 5.75 Å². The van der Waals surface area contributed by atoms with Gasteiger partial charge in [0, 0.05) is 16.5 Å². The van der Waals surface area contributed by atoms with E-state index in [0.29, 0.717) is 12.4 Å². The van der Waals surface area contributed by atoms with E-state index in [4.69, 9.17) is 21.4 Å². The number of aromatic carboxylic acids is 1. The largest absolute Gasteiger partial charge is 0.492 e. The van der Waals surface area contributed by atoms with E-state index in [2.05, 4.69) is 0 Å². The molecule has 3 nitrogen and oxygen atoms in total. The Bertz CT molecular complexity index is 616. The number of thioether (sulfide) groups is 1. The summed E-state index contributed by atoms with van der Waals surface area (Å²) in [5, 5.41) is 9.81. The molecule has 0 saturated carbocycles. The molecule has 0 unspecified atom stereocenters. The molecule has 2 aromatic rings. The summed E-state index contributed by atoms with van der Waals surface area (Å²) in [6.07, 6.45) is 0. The molecular weight excluding hydrogens is 308 g/mol. The molecule has 0 radical (unpaired) electrons. The Hall–Kier alpha value is -1.65. The van der Waals surface area contributed by atoms with Crippen molar-refractivity contribution in [3.63, 3.8) is 0 Å². The minimum Gasteiger partial charge on any atom is -0.492 e. The normalized spacial score (nSPS) is 10.3. The Kier molecular flexibility index (Phi) is 5.96. The zero-order valence-corrected chi connectivity index (χ0v) is 12.9. The van der Waals surface area contributed by atoms with Gasteiger partial charge in [-0.1, -0.05) is 41.9 Å². The van der Waals surface area contributed by atoms with Crippen molar-refractivity contribution in [1.82, 2.24) is 0 Å². The number of hydrogen-bond acceptors (Lipinski definition) is 3. The van der Waals surface area contributed by atoms with Crippen molar-refractivity contribution in [2.24, 2.45) is 0 Å². The summed E-state index contributed by atoms with van der Waals surface area (Å²) in [5.74, 6) is 1.00. The van der Waals surface area contributed by atoms with Gasteiger partial charge in [0.15, 0.2) is 0 Å². The molecule has 0 amide bonds. The summed E-state index contributed by atoms with van der Waals surface area (Å²) in [6.45, 7) is 0.458. The van der Waals surface area contributed by atoms with E-state index in [1.165, 1.54) is 6.07 Å². The Morgan fingerprint density at radius 1 is 1.14 bits per heavy atom. The van der Waals surface area contributed by atoms with E-state index >= 15 is 0 Å². The number of carbonyl (C=O) groups is 1. The van der Waals surface area contributed by atoms with Gasteiger partial charge in [0.05, 0.1) is 6.61 Å². The summed E-state index contributed by atoms with van der Waals surface area (Å²) < 4.78 is 5.53. The van der Waals surface area contributed by atoms with Crippen LogP contribution in [0.15, 0.2) is 48.5 Å². The molecule has 0 aromatic heterocycles. The third-order valence-electron chi connectivity index (χ3n) is 2.82. The molecule has 0 aliphatic heterocycles. The Morgan fingerprint density at radius 2 is 1.86 bits per heavy atom. The van der Waals surface area contributed by atoms with Gasteiger partial charge in [0.25, 0.3) is 0 Å². The van der Waals surface area contributed by atoms with Gasteiger partial charge < -0.3 is 9.84 Å². The molecule has 2 rings (SSSR count). The molecule has 21 heavy (non-hydrogen) atoms. The maximum Gasteiger partial charge on any atom is 0.339 e. The van der Waals surface area contributed by atoms with Crippen LogP contribution < -0.4 is 4.74 Å². The molecular formula is C16H15ClO3S. The van der Waals surface area contributed by atoms with Crippen LogP contribution in [0.25, 0.3) is 0 Å². The van der Waals surface area contributed by atoms with Crippen molar-refractivity contribution >= 4 is 29.3 Å². The minimum absolute atomic E-state index is 0.189. The first-order chi connectivity index (χ1) is 10.2. The van der Waals surface area contributed by atoms with E-state index in [9.17, 15) is 4.79 Å². The van der Waals surface area contributed by atoms with E-state index in [1.807, 2.05) is 24.3 Å². The van der Waals surface area contributed by atoms with Crippen molar-refractivity contribution < 1.29 is 14.6 Å². The van der Waals surface area contributed by atoms with Crippen LogP contribution in [-0.2, 0) is 5.75 Å². The van der Waals surface area contributed by atoms with Crippen molar-refractivity contribution in [1.29, 1.82) is 0 Å². The predicted molar refractivity (Wildman–Crippen MR) is 86.5 cm³/mol. The lowest BCUT2D eigenvalue weighted by atomic mass is 10.2. The monoisotopic (exact) mass is 322 g/mol. The summed E-state index contributed by atoms with van der Waals surface area (Å²) in [5.41, 5.74) is 1.28. The highest BCUT2D eigenvalue weighted by Crippen LogP contribution is 2.21. The fourth-order valence-electron chi connectivity index (χ4n) is 1.78. The second kappa shape index (κ2) is 7.96. The summed E-state index contributed by atoms with van der Waals surface area (Å²) in [7, 11) is 0. The smallest absolute Gasteiger partial charge is 0.339 e. The Balaban J connectivity index is 1.78. The summed E-state index contributed by atoms with van der Waals surface area (Å²) >= 11 is 7.78. The van der Waals surface area contributed by atoms with E-state index in [1.54, 1.807) is 30.0 Å². The third kappa shape index (κ3) is 4.69. The maximum absolute atomic E-state index is 11.0. The average molecular weight is 323 g/mol. The first kappa shape index (κ1) is 15.7. The molecule has 1 N–H and O–H groups in total. The van der Waals surface area contributed by atoms with Gasteiger partial charge in [0.1, 0.15) is 11.3 Å². The van der Waals surface area contributed by atoms with Crippen LogP contribution in [-0.4, -0.2) is 23.4 Å². The number of ether oxygens (including phenoxy) is 1. The van der Waals surface area contributed by atoms with E-state index < -0.39 is 5.97 Å². The molecule has 0 aliphatic carbocycles. The lowest BCUT2D eigenvalue weighted by Crippen LogP contribution is -2.05. The third-order valence-corrected chi connectivity index (χ3v) is 4.16. The average Bonchev–Trinajstić information content (AvgIpc) is 2.49. The summed E-state index contributed by atoms with van der Waals surface area (Å²) in [6, 6.07) is 14.4. The molecule has 5 heteroatoms. The first-order valence-electron chi connectivity index (χ1n) is 6.45. The SMILES string of the molecule is O=C(O)c1ccccc1OCCSCc1ccccc1Cl. The zero-order valence-electron chi connectivity index (χ0n) is 11.3. The van der Waals surface area contributed by atoms with Crippen LogP contribution in [0.4, 0.5) is 0 Å². The highest BCUT2D eigenvalue weighted by molar-refractivity contribution is 7.98. The van der Waals surface area contributed by atoms with E-state index in [0.717, 1.165) is 22.1 Å². The number of rotatable bonds is 7.